The average molecular weight is 348 g/mol. The van der Waals surface area contributed by atoms with Crippen molar-refractivity contribution in [2.45, 2.75) is 26.8 Å². The SMILES string of the molecule is CCn1c(N/N=C2/CCOc3c(C)cccc32)nc2ccccc2c1=O. The molecule has 1 aliphatic heterocycles. The van der Waals surface area contributed by atoms with Crippen molar-refractivity contribution in [2.75, 3.05) is 12.0 Å². The van der Waals surface area contributed by atoms with Crippen LogP contribution in [0, 0.1) is 6.92 Å². The molecule has 0 fully saturated rings. The number of hydrogen-bond donors (Lipinski definition) is 1. The highest BCUT2D eigenvalue weighted by atomic mass is 16.5. The van der Waals surface area contributed by atoms with E-state index in [9.17, 15) is 4.79 Å². The van der Waals surface area contributed by atoms with Crippen molar-refractivity contribution in [1.82, 2.24) is 9.55 Å². The van der Waals surface area contributed by atoms with Gasteiger partial charge >= 0.3 is 0 Å². The number of aryl methyl sites for hydroxylation is 1. The van der Waals surface area contributed by atoms with Crippen molar-refractivity contribution in [3.05, 3.63) is 63.9 Å². The summed E-state index contributed by atoms with van der Waals surface area (Å²) in [6.45, 7) is 5.05. The third-order valence-electron chi connectivity index (χ3n) is 4.58. The van der Waals surface area contributed by atoms with Crippen LogP contribution >= 0.6 is 0 Å². The number of rotatable bonds is 3. The summed E-state index contributed by atoms with van der Waals surface area (Å²) in [6, 6.07) is 13.4. The molecule has 6 heteroatoms. The molecule has 0 atom stereocenters. The zero-order valence-corrected chi connectivity index (χ0v) is 14.8. The molecule has 0 aliphatic carbocycles. The van der Waals surface area contributed by atoms with E-state index in [-0.39, 0.29) is 5.56 Å². The molecule has 132 valence electrons. The van der Waals surface area contributed by atoms with Crippen LogP contribution in [0.1, 0.15) is 24.5 Å². The lowest BCUT2D eigenvalue weighted by Gasteiger charge is -2.21. The summed E-state index contributed by atoms with van der Waals surface area (Å²) in [4.78, 5) is 17.3. The Labute approximate surface area is 151 Å². The number of aromatic nitrogens is 2. The lowest BCUT2D eigenvalue weighted by Crippen LogP contribution is -2.24. The van der Waals surface area contributed by atoms with Crippen molar-refractivity contribution < 1.29 is 4.74 Å². The lowest BCUT2D eigenvalue weighted by atomic mass is 10.0. The van der Waals surface area contributed by atoms with Gasteiger partial charge in [-0.15, -0.1) is 0 Å². The van der Waals surface area contributed by atoms with Crippen molar-refractivity contribution in [3.63, 3.8) is 0 Å². The minimum Gasteiger partial charge on any atom is -0.492 e. The van der Waals surface area contributed by atoms with Crippen LogP contribution in [0.5, 0.6) is 5.75 Å². The predicted octanol–water partition coefficient (Wildman–Crippen LogP) is 3.32. The quantitative estimate of drug-likeness (QED) is 0.737. The Morgan fingerprint density at radius 1 is 1.23 bits per heavy atom. The zero-order valence-electron chi connectivity index (χ0n) is 14.8. The summed E-state index contributed by atoms with van der Waals surface area (Å²) in [5.74, 6) is 1.32. The minimum absolute atomic E-state index is 0.0657. The number of ether oxygens (including phenoxy) is 1. The first-order valence-electron chi connectivity index (χ1n) is 8.74. The maximum Gasteiger partial charge on any atom is 0.262 e. The second-order valence-electron chi connectivity index (χ2n) is 6.22. The van der Waals surface area contributed by atoms with Crippen LogP contribution in [0.25, 0.3) is 10.9 Å². The molecule has 1 aliphatic rings. The molecule has 1 aromatic heterocycles. The molecule has 4 rings (SSSR count). The van der Waals surface area contributed by atoms with Gasteiger partial charge in [0.15, 0.2) is 0 Å². The second-order valence-corrected chi connectivity index (χ2v) is 6.22. The van der Waals surface area contributed by atoms with Crippen LogP contribution in [0.2, 0.25) is 0 Å². The van der Waals surface area contributed by atoms with Gasteiger partial charge in [0, 0.05) is 18.5 Å². The molecule has 2 aromatic carbocycles. The van der Waals surface area contributed by atoms with Gasteiger partial charge < -0.3 is 4.74 Å². The van der Waals surface area contributed by atoms with Gasteiger partial charge in [-0.05, 0) is 37.6 Å². The summed E-state index contributed by atoms with van der Waals surface area (Å²) in [5, 5.41) is 5.17. The molecule has 3 aromatic rings. The van der Waals surface area contributed by atoms with E-state index in [1.165, 1.54) is 0 Å². The third-order valence-corrected chi connectivity index (χ3v) is 4.58. The average Bonchev–Trinajstić information content (AvgIpc) is 2.67. The lowest BCUT2D eigenvalue weighted by molar-refractivity contribution is 0.318. The smallest absolute Gasteiger partial charge is 0.262 e. The fourth-order valence-corrected chi connectivity index (χ4v) is 3.24. The second kappa shape index (κ2) is 6.63. The van der Waals surface area contributed by atoms with Crippen LogP contribution < -0.4 is 15.7 Å². The molecule has 0 saturated heterocycles. The van der Waals surface area contributed by atoms with Crippen molar-refractivity contribution in [3.8, 4) is 5.75 Å². The van der Waals surface area contributed by atoms with Crippen molar-refractivity contribution in [1.29, 1.82) is 0 Å². The van der Waals surface area contributed by atoms with Gasteiger partial charge in [-0.1, -0.05) is 24.3 Å². The third kappa shape index (κ3) is 2.73. The normalized spacial score (nSPS) is 14.9. The number of nitrogens with one attached hydrogen (secondary N) is 1. The van der Waals surface area contributed by atoms with E-state index in [0.29, 0.717) is 36.4 Å². The Bertz CT molecular complexity index is 1070. The molecule has 0 amide bonds. The van der Waals surface area contributed by atoms with E-state index in [4.69, 9.17) is 4.74 Å². The minimum atomic E-state index is -0.0657. The molecular weight excluding hydrogens is 328 g/mol. The molecule has 0 spiro atoms. The first-order valence-corrected chi connectivity index (χ1v) is 8.74. The summed E-state index contributed by atoms with van der Waals surface area (Å²) >= 11 is 0. The van der Waals surface area contributed by atoms with Crippen LogP contribution in [-0.2, 0) is 6.54 Å². The van der Waals surface area contributed by atoms with Gasteiger partial charge in [-0.25, -0.2) is 10.4 Å². The Morgan fingerprint density at radius 3 is 2.92 bits per heavy atom. The summed E-state index contributed by atoms with van der Waals surface area (Å²) in [7, 11) is 0. The first-order chi connectivity index (χ1) is 12.7. The van der Waals surface area contributed by atoms with Crippen molar-refractivity contribution in [2.24, 2.45) is 5.10 Å². The van der Waals surface area contributed by atoms with Crippen molar-refractivity contribution >= 4 is 22.6 Å². The van der Waals surface area contributed by atoms with Crippen LogP contribution in [-0.4, -0.2) is 21.9 Å². The maximum absolute atomic E-state index is 12.7. The van der Waals surface area contributed by atoms with E-state index < -0.39 is 0 Å². The molecule has 0 radical (unpaired) electrons. The van der Waals surface area contributed by atoms with Crippen LogP contribution in [0.3, 0.4) is 0 Å². The largest absolute Gasteiger partial charge is 0.492 e. The Hall–Kier alpha value is -3.15. The van der Waals surface area contributed by atoms with E-state index in [0.717, 1.165) is 22.6 Å². The van der Waals surface area contributed by atoms with E-state index >= 15 is 0 Å². The number of anilines is 1. The van der Waals surface area contributed by atoms with E-state index in [2.05, 4.69) is 15.5 Å². The fraction of sp³-hybridized carbons (Fsp3) is 0.250. The van der Waals surface area contributed by atoms with Crippen LogP contribution in [0.4, 0.5) is 5.95 Å². The highest BCUT2D eigenvalue weighted by molar-refractivity contribution is 6.04. The summed E-state index contributed by atoms with van der Waals surface area (Å²) in [5.41, 5.74) is 6.58. The fourth-order valence-electron chi connectivity index (χ4n) is 3.24. The van der Waals surface area contributed by atoms with E-state index in [1.54, 1.807) is 10.6 Å². The highest BCUT2D eigenvalue weighted by Crippen LogP contribution is 2.28. The number of fused-ring (bicyclic) bond motifs is 2. The topological polar surface area (TPSA) is 68.5 Å². The Kier molecular flexibility index (Phi) is 4.16. The van der Waals surface area contributed by atoms with Crippen LogP contribution in [0.15, 0.2) is 52.4 Å². The molecule has 2 heterocycles. The number of hydrogen-bond acceptors (Lipinski definition) is 5. The van der Waals surface area contributed by atoms with Gasteiger partial charge in [-0.2, -0.15) is 5.10 Å². The summed E-state index contributed by atoms with van der Waals surface area (Å²) < 4.78 is 7.38. The van der Waals surface area contributed by atoms with Gasteiger partial charge in [0.25, 0.3) is 5.56 Å². The van der Waals surface area contributed by atoms with Gasteiger partial charge in [0.2, 0.25) is 5.95 Å². The number of hydrazone groups is 1. The monoisotopic (exact) mass is 348 g/mol. The molecule has 26 heavy (non-hydrogen) atoms. The predicted molar refractivity (Wildman–Crippen MR) is 103 cm³/mol. The number of benzene rings is 2. The molecule has 0 bridgehead atoms. The maximum atomic E-state index is 12.7. The van der Waals surface area contributed by atoms with E-state index in [1.807, 2.05) is 50.2 Å². The first kappa shape index (κ1) is 16.3. The van der Waals surface area contributed by atoms with Gasteiger partial charge in [-0.3, -0.25) is 9.36 Å². The van der Waals surface area contributed by atoms with Gasteiger partial charge in [0.1, 0.15) is 5.75 Å². The standard InChI is InChI=1S/C20H20N4O2/c1-3-24-19(25)15-8-4-5-10-16(15)21-20(24)23-22-17-11-12-26-18-13(2)7-6-9-14(17)18/h4-10H,3,11-12H2,1-2H3,(H,21,23)/b22-17-. The van der Waals surface area contributed by atoms with Gasteiger partial charge in [0.05, 0.1) is 23.2 Å². The molecular formula is C20H20N4O2. The zero-order chi connectivity index (χ0) is 18.1. The molecule has 0 unspecified atom stereocenters. The number of nitrogens with zero attached hydrogens (tertiary/aromatic N) is 3. The Balaban J connectivity index is 1.76. The molecule has 6 nitrogen and oxygen atoms in total. The summed E-state index contributed by atoms with van der Waals surface area (Å²) in [6.07, 6.45) is 0.702. The molecule has 0 saturated carbocycles. The molecule has 1 N–H and O–H groups in total. The number of para-hydroxylation sites is 2. The Morgan fingerprint density at radius 2 is 2.08 bits per heavy atom. The highest BCUT2D eigenvalue weighted by Gasteiger charge is 2.18.